The van der Waals surface area contributed by atoms with Crippen LogP contribution in [0.5, 0.6) is 17.5 Å². The molecule has 6 heteroatoms. The molecule has 3 aromatic rings. The van der Waals surface area contributed by atoms with Gasteiger partial charge in [-0.2, -0.15) is 4.98 Å². The lowest BCUT2D eigenvalue weighted by Crippen LogP contribution is -2.10. The zero-order valence-corrected chi connectivity index (χ0v) is 15.3. The molecule has 0 aliphatic rings. The van der Waals surface area contributed by atoms with Gasteiger partial charge >= 0.3 is 6.01 Å². The first-order chi connectivity index (χ1) is 12.6. The van der Waals surface area contributed by atoms with Crippen molar-refractivity contribution in [2.24, 2.45) is 0 Å². The molecule has 6 nitrogen and oxygen atoms in total. The van der Waals surface area contributed by atoms with Crippen molar-refractivity contribution in [1.82, 2.24) is 15.2 Å². The highest BCUT2D eigenvalue weighted by Crippen LogP contribution is 2.31. The van der Waals surface area contributed by atoms with Crippen molar-refractivity contribution in [2.75, 3.05) is 14.2 Å². The molecule has 0 bridgehead atoms. The Bertz CT molecular complexity index is 862. The summed E-state index contributed by atoms with van der Waals surface area (Å²) >= 11 is 0. The van der Waals surface area contributed by atoms with E-state index in [1.807, 2.05) is 62.4 Å². The van der Waals surface area contributed by atoms with Gasteiger partial charge in [0.2, 0.25) is 0 Å². The van der Waals surface area contributed by atoms with Crippen molar-refractivity contribution in [3.05, 3.63) is 48.5 Å². The van der Waals surface area contributed by atoms with E-state index in [-0.39, 0.29) is 12.1 Å². The maximum absolute atomic E-state index is 5.62. The minimum atomic E-state index is -0.0349. The van der Waals surface area contributed by atoms with Gasteiger partial charge in [-0.3, -0.25) is 0 Å². The Balaban J connectivity index is 2.09. The fraction of sp³-hybridized carbons (Fsp3) is 0.250. The van der Waals surface area contributed by atoms with Crippen molar-refractivity contribution in [2.45, 2.75) is 20.0 Å². The van der Waals surface area contributed by atoms with E-state index in [4.69, 9.17) is 14.2 Å². The van der Waals surface area contributed by atoms with Gasteiger partial charge in [0, 0.05) is 11.1 Å². The summed E-state index contributed by atoms with van der Waals surface area (Å²) < 4.78 is 16.1. The molecule has 0 aliphatic carbocycles. The molecule has 0 spiro atoms. The van der Waals surface area contributed by atoms with Gasteiger partial charge in [0.15, 0.2) is 0 Å². The molecule has 0 saturated heterocycles. The molecule has 1 aromatic heterocycles. The van der Waals surface area contributed by atoms with E-state index in [1.54, 1.807) is 14.2 Å². The van der Waals surface area contributed by atoms with Crippen LogP contribution in [0.2, 0.25) is 0 Å². The molecular formula is C20H21N3O3. The fourth-order valence-corrected chi connectivity index (χ4v) is 2.47. The summed E-state index contributed by atoms with van der Waals surface area (Å²) in [5.74, 6) is 1.56. The Morgan fingerprint density at radius 1 is 0.692 bits per heavy atom. The van der Waals surface area contributed by atoms with Gasteiger partial charge in [-0.15, -0.1) is 5.10 Å². The molecule has 0 atom stereocenters. The Hall–Kier alpha value is -3.15. The fourth-order valence-electron chi connectivity index (χ4n) is 2.47. The molecule has 0 amide bonds. The highest BCUT2D eigenvalue weighted by molar-refractivity contribution is 5.78. The highest BCUT2D eigenvalue weighted by atomic mass is 16.5. The third-order valence-corrected chi connectivity index (χ3v) is 3.74. The number of hydrogen-bond acceptors (Lipinski definition) is 6. The van der Waals surface area contributed by atoms with Crippen LogP contribution in [0, 0.1) is 0 Å². The van der Waals surface area contributed by atoms with Crippen molar-refractivity contribution < 1.29 is 14.2 Å². The molecule has 0 aliphatic heterocycles. The second kappa shape index (κ2) is 7.82. The molecule has 0 radical (unpaired) electrons. The lowest BCUT2D eigenvalue weighted by molar-refractivity contribution is 0.219. The second-order valence-corrected chi connectivity index (χ2v) is 5.92. The second-order valence-electron chi connectivity index (χ2n) is 5.92. The predicted molar refractivity (Wildman–Crippen MR) is 99.6 cm³/mol. The van der Waals surface area contributed by atoms with Crippen LogP contribution in [0.1, 0.15) is 13.8 Å². The lowest BCUT2D eigenvalue weighted by atomic mass is 10.0. The van der Waals surface area contributed by atoms with Gasteiger partial charge in [-0.05, 0) is 62.4 Å². The van der Waals surface area contributed by atoms with Crippen molar-refractivity contribution in [3.63, 3.8) is 0 Å². The van der Waals surface area contributed by atoms with Crippen molar-refractivity contribution in [3.8, 4) is 40.0 Å². The van der Waals surface area contributed by atoms with Gasteiger partial charge in [0.25, 0.3) is 0 Å². The minimum Gasteiger partial charge on any atom is -0.497 e. The van der Waals surface area contributed by atoms with Crippen LogP contribution in [0.25, 0.3) is 22.5 Å². The maximum atomic E-state index is 5.62. The van der Waals surface area contributed by atoms with Gasteiger partial charge in [-0.25, -0.2) is 0 Å². The van der Waals surface area contributed by atoms with Gasteiger partial charge in [0.05, 0.1) is 20.3 Å². The molecule has 0 saturated carbocycles. The van der Waals surface area contributed by atoms with Crippen LogP contribution in [0.3, 0.4) is 0 Å². The predicted octanol–water partition coefficient (Wildman–Crippen LogP) is 4.01. The van der Waals surface area contributed by atoms with E-state index in [0.29, 0.717) is 11.4 Å². The maximum Gasteiger partial charge on any atom is 0.336 e. The molecule has 0 fully saturated rings. The summed E-state index contributed by atoms with van der Waals surface area (Å²) in [6, 6.07) is 15.5. The number of rotatable bonds is 6. The van der Waals surface area contributed by atoms with E-state index >= 15 is 0 Å². The van der Waals surface area contributed by atoms with E-state index in [2.05, 4.69) is 15.2 Å². The summed E-state index contributed by atoms with van der Waals surface area (Å²) in [5.41, 5.74) is 3.17. The Labute approximate surface area is 152 Å². The summed E-state index contributed by atoms with van der Waals surface area (Å²) in [6.45, 7) is 3.85. The van der Waals surface area contributed by atoms with Crippen LogP contribution < -0.4 is 14.2 Å². The van der Waals surface area contributed by atoms with Crippen LogP contribution >= 0.6 is 0 Å². The van der Waals surface area contributed by atoms with E-state index in [0.717, 1.165) is 22.6 Å². The smallest absolute Gasteiger partial charge is 0.336 e. The molecule has 3 rings (SSSR count). The topological polar surface area (TPSA) is 66.4 Å². The number of methoxy groups -OCH3 is 2. The first kappa shape index (κ1) is 17.7. The van der Waals surface area contributed by atoms with Gasteiger partial charge in [-0.1, -0.05) is 5.10 Å². The lowest BCUT2D eigenvalue weighted by Gasteiger charge is -2.12. The molecular weight excluding hydrogens is 330 g/mol. The highest BCUT2D eigenvalue weighted by Gasteiger charge is 2.15. The van der Waals surface area contributed by atoms with Crippen molar-refractivity contribution >= 4 is 0 Å². The third kappa shape index (κ3) is 3.91. The molecule has 0 N–H and O–H groups in total. The summed E-state index contributed by atoms with van der Waals surface area (Å²) in [7, 11) is 3.27. The number of hydrogen-bond donors (Lipinski definition) is 0. The average molecular weight is 351 g/mol. The molecule has 0 unspecified atom stereocenters. The zero-order chi connectivity index (χ0) is 18.5. The quantitative estimate of drug-likeness (QED) is 0.668. The summed E-state index contributed by atoms with van der Waals surface area (Å²) in [6.07, 6.45) is -0.0349. The van der Waals surface area contributed by atoms with E-state index < -0.39 is 0 Å². The van der Waals surface area contributed by atoms with E-state index in [9.17, 15) is 0 Å². The number of aromatic nitrogens is 3. The largest absolute Gasteiger partial charge is 0.497 e. The number of nitrogens with zero attached hydrogens (tertiary/aromatic N) is 3. The monoisotopic (exact) mass is 351 g/mol. The van der Waals surface area contributed by atoms with Crippen LogP contribution in [-0.4, -0.2) is 35.5 Å². The van der Waals surface area contributed by atoms with Gasteiger partial charge < -0.3 is 14.2 Å². The minimum absolute atomic E-state index is 0.0349. The first-order valence-corrected chi connectivity index (χ1v) is 8.31. The van der Waals surface area contributed by atoms with Gasteiger partial charge in [0.1, 0.15) is 22.9 Å². The average Bonchev–Trinajstić information content (AvgIpc) is 2.68. The van der Waals surface area contributed by atoms with E-state index in [1.165, 1.54) is 0 Å². The Morgan fingerprint density at radius 3 is 1.65 bits per heavy atom. The summed E-state index contributed by atoms with van der Waals surface area (Å²) in [4.78, 5) is 4.59. The number of benzene rings is 2. The number of ether oxygens (including phenoxy) is 3. The van der Waals surface area contributed by atoms with Crippen LogP contribution in [-0.2, 0) is 0 Å². The molecule has 26 heavy (non-hydrogen) atoms. The Kier molecular flexibility index (Phi) is 5.31. The van der Waals surface area contributed by atoms with Crippen molar-refractivity contribution in [1.29, 1.82) is 0 Å². The normalized spacial score (nSPS) is 10.7. The molecule has 1 heterocycles. The first-order valence-electron chi connectivity index (χ1n) is 8.31. The van der Waals surface area contributed by atoms with Crippen LogP contribution in [0.15, 0.2) is 48.5 Å². The zero-order valence-electron chi connectivity index (χ0n) is 15.3. The third-order valence-electron chi connectivity index (χ3n) is 3.74. The molecule has 134 valence electrons. The Morgan fingerprint density at radius 2 is 1.19 bits per heavy atom. The van der Waals surface area contributed by atoms with Crippen LogP contribution in [0.4, 0.5) is 0 Å². The summed E-state index contributed by atoms with van der Waals surface area (Å²) in [5, 5.41) is 8.49. The standard InChI is InChI=1S/C20H21N3O3/c1-13(2)26-20-21-18(14-5-9-16(24-3)10-6-14)19(22-23-20)15-7-11-17(25-4)12-8-15/h5-13H,1-4H3. The SMILES string of the molecule is COc1ccc(-c2nnc(OC(C)C)nc2-c2ccc(OC)cc2)cc1. The molecule has 2 aromatic carbocycles.